The normalized spacial score (nSPS) is 23.3. The van der Waals surface area contributed by atoms with Gasteiger partial charge < -0.3 is 10.4 Å². The van der Waals surface area contributed by atoms with E-state index < -0.39 is 17.2 Å². The first-order valence-corrected chi connectivity index (χ1v) is 13.8. The summed E-state index contributed by atoms with van der Waals surface area (Å²) in [7, 11) is 2.05. The van der Waals surface area contributed by atoms with Gasteiger partial charge in [0, 0.05) is 54.6 Å². The summed E-state index contributed by atoms with van der Waals surface area (Å²) in [4.78, 5) is 13.1. The number of piperazine rings is 1. The number of rotatable bonds is 6. The van der Waals surface area contributed by atoms with Crippen LogP contribution < -0.4 is 5.32 Å². The zero-order chi connectivity index (χ0) is 29.5. The number of halogens is 3. The molecule has 1 aliphatic carbocycles. The smallest absolute Gasteiger partial charge is 0.395 e. The number of hydrogen-bond acceptors (Lipinski definition) is 7. The molecule has 1 fully saturated rings. The fourth-order valence-corrected chi connectivity index (χ4v) is 6.08. The molecular formula is C31H35F3N6O. The minimum absolute atomic E-state index is 0.0324. The average Bonchev–Trinajstić information content (AvgIpc) is 3.28. The number of hydrogen-bond donors (Lipinski definition) is 2. The van der Waals surface area contributed by atoms with Crippen molar-refractivity contribution in [1.82, 2.24) is 19.8 Å². The van der Waals surface area contributed by atoms with E-state index in [0.717, 1.165) is 30.0 Å². The minimum Gasteiger partial charge on any atom is -0.395 e. The number of aromatic nitrogens is 2. The lowest BCUT2D eigenvalue weighted by Crippen LogP contribution is -2.54. The summed E-state index contributed by atoms with van der Waals surface area (Å²) >= 11 is 0. The Kier molecular flexibility index (Phi) is 7.81. The Morgan fingerprint density at radius 2 is 1.88 bits per heavy atom. The van der Waals surface area contributed by atoms with Crippen LogP contribution in [0.15, 0.2) is 42.6 Å². The minimum atomic E-state index is -4.52. The summed E-state index contributed by atoms with van der Waals surface area (Å²) in [5, 5.41) is 22.7. The molecule has 2 aromatic carbocycles. The first kappa shape index (κ1) is 29.0. The fraction of sp³-hybridized carbons (Fsp3) is 0.452. The second kappa shape index (κ2) is 11.0. The third-order valence-corrected chi connectivity index (χ3v) is 8.75. The number of alkyl halides is 3. The van der Waals surface area contributed by atoms with E-state index in [9.17, 15) is 23.5 Å². The highest BCUT2D eigenvalue weighted by Gasteiger charge is 2.37. The SMILES string of the molecule is CC1CN(Cc2ccc(Nc3nccc(-c4cc(C#N)c5c(c4)C(C)(CO)CC5)n3)cc2C(F)(F)F)CC(C)N1C. The van der Waals surface area contributed by atoms with E-state index in [-0.39, 0.29) is 42.4 Å². The van der Waals surface area contributed by atoms with Crippen molar-refractivity contribution in [3.05, 3.63) is 70.4 Å². The van der Waals surface area contributed by atoms with Crippen molar-refractivity contribution >= 4 is 11.6 Å². The lowest BCUT2D eigenvalue weighted by atomic mass is 9.83. The molecule has 1 aromatic heterocycles. The number of nitrogens with one attached hydrogen (secondary N) is 1. The molecule has 2 aliphatic rings. The third kappa shape index (κ3) is 5.80. The topological polar surface area (TPSA) is 88.3 Å². The Morgan fingerprint density at radius 1 is 1.15 bits per heavy atom. The molecule has 0 amide bonds. The third-order valence-electron chi connectivity index (χ3n) is 8.75. The molecule has 216 valence electrons. The van der Waals surface area contributed by atoms with Crippen molar-refractivity contribution in [1.29, 1.82) is 5.26 Å². The number of aliphatic hydroxyl groups excluding tert-OH is 1. The molecule has 41 heavy (non-hydrogen) atoms. The van der Waals surface area contributed by atoms with Gasteiger partial charge in [0.1, 0.15) is 0 Å². The van der Waals surface area contributed by atoms with E-state index in [1.165, 1.54) is 12.3 Å². The number of nitrogens with zero attached hydrogens (tertiary/aromatic N) is 5. The van der Waals surface area contributed by atoms with Gasteiger partial charge in [-0.15, -0.1) is 0 Å². The number of aliphatic hydroxyl groups is 1. The lowest BCUT2D eigenvalue weighted by molar-refractivity contribution is -0.138. The average molecular weight is 565 g/mol. The van der Waals surface area contributed by atoms with E-state index in [4.69, 9.17) is 0 Å². The van der Waals surface area contributed by atoms with Crippen LogP contribution in [0, 0.1) is 11.3 Å². The first-order valence-electron chi connectivity index (χ1n) is 13.8. The van der Waals surface area contributed by atoms with Gasteiger partial charge in [0.25, 0.3) is 0 Å². The van der Waals surface area contributed by atoms with Crippen LogP contribution in [0.3, 0.4) is 0 Å². The molecule has 10 heteroatoms. The van der Waals surface area contributed by atoms with E-state index in [0.29, 0.717) is 29.9 Å². The van der Waals surface area contributed by atoms with Crippen LogP contribution in [0.1, 0.15) is 55.0 Å². The maximum absolute atomic E-state index is 14.2. The molecule has 3 unspecified atom stereocenters. The van der Waals surface area contributed by atoms with Crippen LogP contribution >= 0.6 is 0 Å². The molecule has 5 rings (SSSR count). The standard InChI is InChI=1S/C31H35F3N6O/c1-19-15-40(16-20(2)39(19)4)17-21-5-6-24(13-26(21)31(32,33)34)37-29-36-10-8-28(38-29)22-11-23(14-35)25-7-9-30(3,18-41)27(25)12-22/h5-6,8,10-13,19-20,41H,7,9,15-18H2,1-4H3,(H,36,37,38). The summed E-state index contributed by atoms with van der Waals surface area (Å²) in [5.74, 6) is 0.147. The molecule has 0 bridgehead atoms. The Balaban J connectivity index is 1.42. The number of anilines is 2. The number of benzene rings is 2. The van der Waals surface area contributed by atoms with Gasteiger partial charge in [-0.25, -0.2) is 9.97 Å². The van der Waals surface area contributed by atoms with Crippen molar-refractivity contribution in [3.8, 4) is 17.3 Å². The highest BCUT2D eigenvalue weighted by atomic mass is 19.4. The molecular weight excluding hydrogens is 529 g/mol. The van der Waals surface area contributed by atoms with Gasteiger partial charge in [0.05, 0.1) is 29.5 Å². The number of nitriles is 1. The summed E-state index contributed by atoms with van der Waals surface area (Å²) in [6, 6.07) is 12.4. The van der Waals surface area contributed by atoms with Crippen molar-refractivity contribution in [2.75, 3.05) is 32.1 Å². The maximum Gasteiger partial charge on any atom is 0.416 e. The molecule has 2 N–H and O–H groups in total. The molecule has 1 aliphatic heterocycles. The van der Waals surface area contributed by atoms with Gasteiger partial charge in [-0.05, 0) is 80.8 Å². The molecule has 2 heterocycles. The van der Waals surface area contributed by atoms with E-state index in [1.54, 1.807) is 18.2 Å². The highest BCUT2D eigenvalue weighted by molar-refractivity contribution is 5.68. The predicted molar refractivity (Wildman–Crippen MR) is 152 cm³/mol. The maximum atomic E-state index is 14.2. The Bertz CT molecular complexity index is 1470. The molecule has 0 spiro atoms. The summed E-state index contributed by atoms with van der Waals surface area (Å²) in [5.41, 5.74) is 2.97. The van der Waals surface area contributed by atoms with Crippen molar-refractivity contribution in [2.45, 2.75) is 63.8 Å². The molecule has 3 aromatic rings. The van der Waals surface area contributed by atoms with Gasteiger partial charge in [-0.2, -0.15) is 18.4 Å². The number of fused-ring (bicyclic) bond motifs is 1. The molecule has 3 atom stereocenters. The van der Waals surface area contributed by atoms with Gasteiger partial charge in [0.15, 0.2) is 0 Å². The van der Waals surface area contributed by atoms with Crippen LogP contribution in [0.4, 0.5) is 24.8 Å². The zero-order valence-electron chi connectivity index (χ0n) is 23.8. The summed E-state index contributed by atoms with van der Waals surface area (Å²) in [6.45, 7) is 7.74. The second-order valence-electron chi connectivity index (χ2n) is 11.7. The van der Waals surface area contributed by atoms with Gasteiger partial charge in [-0.3, -0.25) is 9.80 Å². The fourth-order valence-electron chi connectivity index (χ4n) is 6.08. The molecule has 7 nitrogen and oxygen atoms in total. The predicted octanol–water partition coefficient (Wildman–Crippen LogP) is 5.50. The molecule has 0 radical (unpaired) electrons. The summed E-state index contributed by atoms with van der Waals surface area (Å²) < 4.78 is 42.5. The Morgan fingerprint density at radius 3 is 2.54 bits per heavy atom. The van der Waals surface area contributed by atoms with Gasteiger partial charge >= 0.3 is 6.18 Å². The lowest BCUT2D eigenvalue weighted by Gasteiger charge is -2.42. The Labute approximate surface area is 238 Å². The second-order valence-corrected chi connectivity index (χ2v) is 11.7. The van der Waals surface area contributed by atoms with Crippen LogP contribution in [-0.4, -0.2) is 63.7 Å². The number of likely N-dealkylation sites (N-methyl/N-ethyl adjacent to an activating group) is 1. The van der Waals surface area contributed by atoms with Crippen LogP contribution in [0.5, 0.6) is 0 Å². The highest BCUT2D eigenvalue weighted by Crippen LogP contribution is 2.42. The van der Waals surface area contributed by atoms with Crippen molar-refractivity contribution in [2.24, 2.45) is 0 Å². The van der Waals surface area contributed by atoms with Gasteiger partial charge in [-0.1, -0.05) is 13.0 Å². The quantitative estimate of drug-likeness (QED) is 0.409. The van der Waals surface area contributed by atoms with Crippen molar-refractivity contribution < 1.29 is 18.3 Å². The first-order chi connectivity index (χ1) is 19.4. The molecule has 1 saturated heterocycles. The van der Waals surface area contributed by atoms with Crippen LogP contribution in [0.25, 0.3) is 11.3 Å². The molecule has 0 saturated carbocycles. The summed E-state index contributed by atoms with van der Waals surface area (Å²) in [6.07, 6.45) is -1.52. The van der Waals surface area contributed by atoms with E-state index in [1.807, 2.05) is 20.0 Å². The van der Waals surface area contributed by atoms with Crippen LogP contribution in [-0.2, 0) is 24.6 Å². The van der Waals surface area contributed by atoms with Gasteiger partial charge in [0.2, 0.25) is 5.95 Å². The monoisotopic (exact) mass is 564 g/mol. The van der Waals surface area contributed by atoms with E-state index in [2.05, 4.69) is 45.0 Å². The van der Waals surface area contributed by atoms with Crippen LogP contribution in [0.2, 0.25) is 0 Å². The zero-order valence-corrected chi connectivity index (χ0v) is 23.8. The Hall–Kier alpha value is -3.52. The van der Waals surface area contributed by atoms with E-state index >= 15 is 0 Å². The van der Waals surface area contributed by atoms with Crippen molar-refractivity contribution in [3.63, 3.8) is 0 Å². The largest absolute Gasteiger partial charge is 0.416 e.